The second-order valence-electron chi connectivity index (χ2n) is 4.84. The number of hydrogen-bond donors (Lipinski definition) is 2. The molecule has 0 saturated carbocycles. The standard InChI is InChI=1S/C15H19N3O2.ClH/c1-10-3-5-12(6-4-10)15-18-13(9-20-15)7-8-17-14(19)11(2)16;/h3-6,9,11H,7-8,16H2,1-2H3,(H,17,19);1H/t11-;/m0./s1. The predicted octanol–water partition coefficient (Wildman–Crippen LogP) is 2.08. The van der Waals surface area contributed by atoms with E-state index in [4.69, 9.17) is 10.2 Å². The molecule has 2 aromatic rings. The summed E-state index contributed by atoms with van der Waals surface area (Å²) in [7, 11) is 0. The largest absolute Gasteiger partial charge is 0.444 e. The van der Waals surface area contributed by atoms with Crippen molar-refractivity contribution in [3.8, 4) is 11.5 Å². The van der Waals surface area contributed by atoms with Crippen LogP contribution in [0.25, 0.3) is 11.5 Å². The summed E-state index contributed by atoms with van der Waals surface area (Å²) in [5.41, 5.74) is 8.41. The predicted molar refractivity (Wildman–Crippen MR) is 84.3 cm³/mol. The Bertz CT molecular complexity index is 579. The molecule has 1 heterocycles. The molecule has 2 rings (SSSR count). The molecule has 5 nitrogen and oxygen atoms in total. The molecule has 114 valence electrons. The maximum absolute atomic E-state index is 11.3. The van der Waals surface area contributed by atoms with E-state index in [0.29, 0.717) is 18.9 Å². The zero-order valence-corrected chi connectivity index (χ0v) is 12.9. The highest BCUT2D eigenvalue weighted by Gasteiger charge is 2.08. The molecule has 0 aliphatic carbocycles. The Morgan fingerprint density at radius 1 is 1.38 bits per heavy atom. The van der Waals surface area contributed by atoms with E-state index in [2.05, 4.69) is 10.3 Å². The van der Waals surface area contributed by atoms with Gasteiger partial charge in [0.1, 0.15) is 6.26 Å². The summed E-state index contributed by atoms with van der Waals surface area (Å²) in [5, 5.41) is 2.74. The van der Waals surface area contributed by atoms with Gasteiger partial charge >= 0.3 is 0 Å². The summed E-state index contributed by atoms with van der Waals surface area (Å²) in [6.45, 7) is 4.19. The van der Waals surface area contributed by atoms with Crippen LogP contribution >= 0.6 is 12.4 Å². The van der Waals surface area contributed by atoms with Crippen LogP contribution < -0.4 is 11.1 Å². The van der Waals surface area contributed by atoms with Crippen LogP contribution in [0.2, 0.25) is 0 Å². The van der Waals surface area contributed by atoms with Crippen LogP contribution in [0.4, 0.5) is 0 Å². The number of nitrogens with zero attached hydrogens (tertiary/aromatic N) is 1. The molecule has 21 heavy (non-hydrogen) atoms. The van der Waals surface area contributed by atoms with Gasteiger partial charge in [0.05, 0.1) is 11.7 Å². The Morgan fingerprint density at radius 2 is 2.05 bits per heavy atom. The fourth-order valence-electron chi connectivity index (χ4n) is 1.73. The van der Waals surface area contributed by atoms with E-state index in [1.165, 1.54) is 5.56 Å². The van der Waals surface area contributed by atoms with E-state index in [9.17, 15) is 4.79 Å². The average molecular weight is 310 g/mol. The number of nitrogens with one attached hydrogen (secondary N) is 1. The van der Waals surface area contributed by atoms with Crippen LogP contribution in [0.5, 0.6) is 0 Å². The Morgan fingerprint density at radius 3 is 2.67 bits per heavy atom. The van der Waals surface area contributed by atoms with Crippen LogP contribution in [0.3, 0.4) is 0 Å². The number of carbonyl (C=O) groups excluding carboxylic acids is 1. The third-order valence-corrected chi connectivity index (χ3v) is 2.94. The zero-order valence-electron chi connectivity index (χ0n) is 12.1. The lowest BCUT2D eigenvalue weighted by Gasteiger charge is -2.05. The Kier molecular flexibility index (Phi) is 6.39. The normalized spacial score (nSPS) is 11.6. The van der Waals surface area contributed by atoms with Gasteiger partial charge in [0.15, 0.2) is 0 Å². The fraction of sp³-hybridized carbons (Fsp3) is 0.333. The summed E-state index contributed by atoms with van der Waals surface area (Å²) < 4.78 is 5.45. The highest BCUT2D eigenvalue weighted by Crippen LogP contribution is 2.19. The lowest BCUT2D eigenvalue weighted by atomic mass is 10.1. The Hall–Kier alpha value is -1.85. The SMILES string of the molecule is Cc1ccc(-c2nc(CCNC(=O)[C@H](C)N)co2)cc1.Cl. The van der Waals surface area contributed by atoms with Gasteiger partial charge in [-0.15, -0.1) is 12.4 Å². The van der Waals surface area contributed by atoms with Gasteiger partial charge in [0.2, 0.25) is 11.8 Å². The van der Waals surface area contributed by atoms with Crippen LogP contribution in [-0.2, 0) is 11.2 Å². The number of rotatable bonds is 5. The van der Waals surface area contributed by atoms with Gasteiger partial charge in [-0.05, 0) is 26.0 Å². The Labute approximate surface area is 130 Å². The van der Waals surface area contributed by atoms with Gasteiger partial charge < -0.3 is 15.5 Å². The quantitative estimate of drug-likeness (QED) is 0.886. The average Bonchev–Trinajstić information content (AvgIpc) is 2.88. The fourth-order valence-corrected chi connectivity index (χ4v) is 1.73. The number of benzene rings is 1. The first kappa shape index (κ1) is 17.2. The van der Waals surface area contributed by atoms with Crippen molar-refractivity contribution in [3.05, 3.63) is 41.8 Å². The minimum atomic E-state index is -0.490. The molecule has 0 radical (unpaired) electrons. The first-order valence-corrected chi connectivity index (χ1v) is 6.61. The summed E-state index contributed by atoms with van der Waals surface area (Å²) in [6, 6.07) is 7.49. The first-order chi connectivity index (χ1) is 9.56. The lowest BCUT2D eigenvalue weighted by molar-refractivity contribution is -0.121. The molecule has 0 aliphatic heterocycles. The number of aryl methyl sites for hydroxylation is 1. The molecule has 0 spiro atoms. The molecule has 0 aliphatic rings. The topological polar surface area (TPSA) is 81.2 Å². The molecule has 3 N–H and O–H groups in total. The number of halogens is 1. The van der Waals surface area contributed by atoms with E-state index in [-0.39, 0.29) is 18.3 Å². The van der Waals surface area contributed by atoms with Crippen molar-refractivity contribution in [2.45, 2.75) is 26.3 Å². The van der Waals surface area contributed by atoms with Crippen molar-refractivity contribution < 1.29 is 9.21 Å². The molecule has 1 aromatic heterocycles. The highest BCUT2D eigenvalue weighted by atomic mass is 35.5. The molecule has 1 aromatic carbocycles. The second kappa shape index (κ2) is 7.81. The summed E-state index contributed by atoms with van der Waals surface area (Å²) in [6.07, 6.45) is 2.24. The zero-order chi connectivity index (χ0) is 14.5. The van der Waals surface area contributed by atoms with Crippen molar-refractivity contribution in [1.29, 1.82) is 0 Å². The number of aromatic nitrogens is 1. The number of hydrogen-bond acceptors (Lipinski definition) is 4. The highest BCUT2D eigenvalue weighted by molar-refractivity contribution is 5.85. The van der Waals surface area contributed by atoms with Gasteiger partial charge in [-0.25, -0.2) is 4.98 Å². The molecular formula is C15H20ClN3O2. The summed E-state index contributed by atoms with van der Waals surface area (Å²) in [4.78, 5) is 15.7. The molecule has 0 saturated heterocycles. The van der Waals surface area contributed by atoms with Crippen molar-refractivity contribution >= 4 is 18.3 Å². The molecule has 6 heteroatoms. The van der Waals surface area contributed by atoms with Crippen molar-refractivity contribution in [2.24, 2.45) is 5.73 Å². The number of nitrogens with two attached hydrogens (primary N) is 1. The third kappa shape index (κ3) is 4.88. The van der Waals surface area contributed by atoms with Crippen LogP contribution in [0, 0.1) is 6.92 Å². The minimum absolute atomic E-state index is 0. The van der Waals surface area contributed by atoms with E-state index in [1.54, 1.807) is 13.2 Å². The maximum Gasteiger partial charge on any atom is 0.236 e. The summed E-state index contributed by atoms with van der Waals surface area (Å²) in [5.74, 6) is 0.436. The molecular weight excluding hydrogens is 290 g/mol. The first-order valence-electron chi connectivity index (χ1n) is 6.61. The van der Waals surface area contributed by atoms with E-state index < -0.39 is 6.04 Å². The summed E-state index contributed by atoms with van der Waals surface area (Å²) >= 11 is 0. The minimum Gasteiger partial charge on any atom is -0.444 e. The molecule has 0 fully saturated rings. The van der Waals surface area contributed by atoms with Crippen LogP contribution in [0.1, 0.15) is 18.2 Å². The molecule has 0 bridgehead atoms. The van der Waals surface area contributed by atoms with E-state index >= 15 is 0 Å². The third-order valence-electron chi connectivity index (χ3n) is 2.94. The van der Waals surface area contributed by atoms with Crippen LogP contribution in [0.15, 0.2) is 34.9 Å². The number of amides is 1. The van der Waals surface area contributed by atoms with Gasteiger partial charge in [-0.1, -0.05) is 17.7 Å². The van der Waals surface area contributed by atoms with E-state index in [1.807, 2.05) is 31.2 Å². The van der Waals surface area contributed by atoms with Gasteiger partial charge in [-0.3, -0.25) is 4.79 Å². The van der Waals surface area contributed by atoms with Crippen molar-refractivity contribution in [2.75, 3.05) is 6.54 Å². The molecule has 1 atom stereocenters. The smallest absolute Gasteiger partial charge is 0.236 e. The number of carbonyl (C=O) groups is 1. The molecule has 1 amide bonds. The van der Waals surface area contributed by atoms with Crippen LogP contribution in [-0.4, -0.2) is 23.5 Å². The lowest BCUT2D eigenvalue weighted by Crippen LogP contribution is -2.39. The monoisotopic (exact) mass is 309 g/mol. The van der Waals surface area contributed by atoms with Gasteiger partial charge in [0, 0.05) is 18.5 Å². The second-order valence-corrected chi connectivity index (χ2v) is 4.84. The molecule has 0 unspecified atom stereocenters. The number of oxazole rings is 1. The van der Waals surface area contributed by atoms with Gasteiger partial charge in [0.25, 0.3) is 0 Å². The van der Waals surface area contributed by atoms with Gasteiger partial charge in [-0.2, -0.15) is 0 Å². The van der Waals surface area contributed by atoms with E-state index in [0.717, 1.165) is 11.3 Å². The Balaban J connectivity index is 0.00000220. The maximum atomic E-state index is 11.3. The van der Waals surface area contributed by atoms with Crippen molar-refractivity contribution in [3.63, 3.8) is 0 Å². The van der Waals surface area contributed by atoms with Crippen molar-refractivity contribution in [1.82, 2.24) is 10.3 Å².